The van der Waals surface area contributed by atoms with Crippen molar-refractivity contribution in [2.75, 3.05) is 90.5 Å². The van der Waals surface area contributed by atoms with Gasteiger partial charge in [0.2, 0.25) is 12.8 Å². The van der Waals surface area contributed by atoms with Crippen LogP contribution in [0.4, 0.5) is 17.1 Å². The smallest absolute Gasteiger partial charge is 0.207 e. The Morgan fingerprint density at radius 1 is 0.710 bits per heavy atom. The van der Waals surface area contributed by atoms with Crippen LogP contribution < -0.4 is 39.8 Å². The second-order valence-electron chi connectivity index (χ2n) is 17.5. The number of carbonyl (C=O) groups is 2. The maximum atomic E-state index is 11.5. The third kappa shape index (κ3) is 13.5. The molecule has 1 unspecified atom stereocenters. The molecule has 2 aliphatic rings. The van der Waals surface area contributed by atoms with Gasteiger partial charge in [0.25, 0.3) is 0 Å². The number of nitrogens with zero attached hydrogens (tertiary/aromatic N) is 2. The minimum Gasteiger partial charge on any atom is -0.493 e. The molecule has 0 radical (unpaired) electrons. The Morgan fingerprint density at radius 2 is 1.32 bits per heavy atom. The standard InChI is InChI=1S/C54H65N5O9S/c1-54(2,69-6)34-59(15-16-65-19-20-66-18-17-62-3)43-22-37(32-67-52-28-48-46(26-50(52)63-4)44-13-9-7-11-39(44)24-41(30-55-48)57-35-60)21-38(23-43)33-68-53-29-49-47(27-51(53)64-5)45-14-10-8-12-40(45)25-42(31-56-49)58-36-61/h7-14,21-23,26-30,35-36,41-42,56H,15-20,24-25,31-34H2,1-6H3,(H,57,60)(H,58,61)/b55-30-/t41?,42-/m0/s1. The third-order valence-corrected chi connectivity index (χ3v) is 13.5. The Labute approximate surface area is 410 Å². The van der Waals surface area contributed by atoms with Crippen LogP contribution in [0.1, 0.15) is 36.1 Å². The Kier molecular flexibility index (Phi) is 18.2. The Bertz CT molecular complexity index is 2540. The highest BCUT2D eigenvalue weighted by Crippen LogP contribution is 2.44. The number of hydrogen-bond acceptors (Lipinski definition) is 13. The summed E-state index contributed by atoms with van der Waals surface area (Å²) in [5.41, 5.74) is 10.6. The molecule has 0 aromatic heterocycles. The number of benzene rings is 5. The van der Waals surface area contributed by atoms with Gasteiger partial charge in [-0.15, -0.1) is 0 Å². The van der Waals surface area contributed by atoms with Crippen LogP contribution >= 0.6 is 11.8 Å². The molecule has 5 aromatic carbocycles. The lowest BCUT2D eigenvalue weighted by Gasteiger charge is -2.33. The summed E-state index contributed by atoms with van der Waals surface area (Å²) >= 11 is 1.81. The van der Waals surface area contributed by atoms with Gasteiger partial charge in [-0.1, -0.05) is 48.5 Å². The number of methoxy groups -OCH3 is 3. The first-order chi connectivity index (χ1) is 33.6. The monoisotopic (exact) mass is 959 g/mol. The number of nitrogens with one attached hydrogen (secondary N) is 3. The van der Waals surface area contributed by atoms with Crippen LogP contribution in [-0.2, 0) is 49.9 Å². The summed E-state index contributed by atoms with van der Waals surface area (Å²) in [5.74, 6) is 2.28. The van der Waals surface area contributed by atoms with E-state index in [1.165, 1.54) is 0 Å². The number of fused-ring (bicyclic) bond motifs is 6. The van der Waals surface area contributed by atoms with Crippen molar-refractivity contribution in [3.8, 4) is 45.3 Å². The zero-order valence-corrected chi connectivity index (χ0v) is 41.3. The number of rotatable bonds is 25. The summed E-state index contributed by atoms with van der Waals surface area (Å²) in [6, 6.07) is 30.3. The molecule has 0 bridgehead atoms. The van der Waals surface area contributed by atoms with Crippen LogP contribution in [0, 0.1) is 0 Å². The lowest BCUT2D eigenvalue weighted by molar-refractivity contribution is -0.110. The number of thioether (sulfide) groups is 1. The number of amides is 2. The van der Waals surface area contributed by atoms with Gasteiger partial charge in [0, 0.05) is 78.4 Å². The van der Waals surface area contributed by atoms with Crippen LogP contribution in [0.2, 0.25) is 0 Å². The topological polar surface area (TPSA) is 150 Å². The fourth-order valence-electron chi connectivity index (χ4n) is 8.58. The second-order valence-corrected chi connectivity index (χ2v) is 19.0. The molecule has 15 heteroatoms. The first-order valence-electron chi connectivity index (χ1n) is 23.3. The quantitative estimate of drug-likeness (QED) is 0.0382. The maximum Gasteiger partial charge on any atom is 0.207 e. The predicted octanol–water partition coefficient (Wildman–Crippen LogP) is 8.28. The van der Waals surface area contributed by atoms with Gasteiger partial charge in [0.1, 0.15) is 13.2 Å². The molecule has 2 amide bonds. The lowest BCUT2D eigenvalue weighted by Crippen LogP contribution is -2.39. The second kappa shape index (κ2) is 24.9. The molecular formula is C54H65N5O9S. The van der Waals surface area contributed by atoms with Gasteiger partial charge in [0.15, 0.2) is 23.0 Å². The molecule has 2 aliphatic heterocycles. The molecule has 0 aliphatic carbocycles. The van der Waals surface area contributed by atoms with E-state index in [1.807, 2.05) is 60.3 Å². The molecule has 0 fully saturated rings. The molecule has 14 nitrogen and oxygen atoms in total. The van der Waals surface area contributed by atoms with Crippen molar-refractivity contribution in [3.63, 3.8) is 0 Å². The number of aliphatic imine (C=N–C) groups is 1. The van der Waals surface area contributed by atoms with E-state index in [0.717, 1.165) is 68.8 Å². The molecular weight excluding hydrogens is 895 g/mol. The molecule has 7 rings (SSSR count). The average Bonchev–Trinajstić information content (AvgIpc) is 3.35. The van der Waals surface area contributed by atoms with Crippen molar-refractivity contribution in [1.82, 2.24) is 10.6 Å². The molecule has 3 N–H and O–H groups in total. The molecule has 366 valence electrons. The molecule has 0 saturated carbocycles. The first-order valence-corrected chi connectivity index (χ1v) is 24.5. The fraction of sp³-hybridized carbons (Fsp3) is 0.389. The minimum atomic E-state index is -0.272. The Hall–Kier alpha value is -6.26. The SMILES string of the molecule is COCCOCCOCCN(CC(C)(C)SC)c1cc(COc2cc3c(cc2OC)-c2ccccc2CC(NC=O)/C=N\3)cc(COc2cc3c(cc2OC)-c2ccccc2C[C@H](NC=O)CN3)c1. The first kappa shape index (κ1) is 50.6. The predicted molar refractivity (Wildman–Crippen MR) is 275 cm³/mol. The van der Waals surface area contributed by atoms with Crippen molar-refractivity contribution in [3.05, 3.63) is 113 Å². The number of hydrogen-bond donors (Lipinski definition) is 3. The number of carbonyl (C=O) groups excluding carboxylic acids is 2. The van der Waals surface area contributed by atoms with Gasteiger partial charge in [-0.3, -0.25) is 14.6 Å². The maximum absolute atomic E-state index is 11.5. The van der Waals surface area contributed by atoms with Gasteiger partial charge in [-0.05, 0) is 96.7 Å². The van der Waals surface area contributed by atoms with E-state index in [2.05, 4.69) is 83.4 Å². The van der Waals surface area contributed by atoms with Crippen molar-refractivity contribution < 1.29 is 42.7 Å². The van der Waals surface area contributed by atoms with Crippen LogP contribution in [0.5, 0.6) is 23.0 Å². The summed E-state index contributed by atoms with van der Waals surface area (Å²) in [6.07, 6.45) is 6.67. The minimum absolute atomic E-state index is 0.0835. The summed E-state index contributed by atoms with van der Waals surface area (Å²) in [6.45, 7) is 9.35. The van der Waals surface area contributed by atoms with Gasteiger partial charge in [-0.25, -0.2) is 0 Å². The summed E-state index contributed by atoms with van der Waals surface area (Å²) in [5, 5.41) is 9.42. The van der Waals surface area contributed by atoms with E-state index in [0.29, 0.717) is 94.1 Å². The zero-order chi connectivity index (χ0) is 48.6. The summed E-state index contributed by atoms with van der Waals surface area (Å²) in [4.78, 5) is 30.3. The summed E-state index contributed by atoms with van der Waals surface area (Å²) in [7, 11) is 4.95. The van der Waals surface area contributed by atoms with E-state index < -0.39 is 0 Å². The molecule has 2 heterocycles. The van der Waals surface area contributed by atoms with Crippen LogP contribution in [0.15, 0.2) is 96.0 Å². The van der Waals surface area contributed by atoms with Crippen molar-refractivity contribution in [1.29, 1.82) is 0 Å². The zero-order valence-electron chi connectivity index (χ0n) is 40.5. The molecule has 5 aromatic rings. The Morgan fingerprint density at radius 3 is 1.97 bits per heavy atom. The molecule has 2 atom stereocenters. The van der Waals surface area contributed by atoms with Gasteiger partial charge < -0.3 is 54.0 Å². The van der Waals surface area contributed by atoms with E-state index in [9.17, 15) is 9.59 Å². The van der Waals surface area contributed by atoms with Crippen molar-refractivity contribution in [2.45, 2.75) is 56.7 Å². The molecule has 69 heavy (non-hydrogen) atoms. The molecule has 0 spiro atoms. The normalized spacial score (nSPS) is 15.4. The number of anilines is 2. The van der Waals surface area contributed by atoms with E-state index in [-0.39, 0.29) is 30.0 Å². The van der Waals surface area contributed by atoms with Gasteiger partial charge in [0.05, 0.1) is 59.0 Å². The number of ether oxygens (including phenoxy) is 7. The third-order valence-electron chi connectivity index (χ3n) is 12.3. The van der Waals surface area contributed by atoms with Crippen LogP contribution in [0.25, 0.3) is 22.3 Å². The molecule has 0 saturated heterocycles. The van der Waals surface area contributed by atoms with E-state index in [1.54, 1.807) is 27.5 Å². The van der Waals surface area contributed by atoms with E-state index >= 15 is 0 Å². The summed E-state index contributed by atoms with van der Waals surface area (Å²) < 4.78 is 42.1. The van der Waals surface area contributed by atoms with Crippen LogP contribution in [0.3, 0.4) is 0 Å². The average molecular weight is 960 g/mol. The van der Waals surface area contributed by atoms with Crippen LogP contribution in [-0.4, -0.2) is 116 Å². The van der Waals surface area contributed by atoms with Gasteiger partial charge in [-0.2, -0.15) is 11.8 Å². The highest BCUT2D eigenvalue weighted by Gasteiger charge is 2.25. The van der Waals surface area contributed by atoms with E-state index in [4.69, 9.17) is 38.2 Å². The fourth-order valence-corrected chi connectivity index (χ4v) is 8.86. The highest BCUT2D eigenvalue weighted by atomic mass is 32.2. The Balaban J connectivity index is 1.21. The van der Waals surface area contributed by atoms with Gasteiger partial charge >= 0.3 is 0 Å². The largest absolute Gasteiger partial charge is 0.493 e. The van der Waals surface area contributed by atoms with Crippen molar-refractivity contribution in [2.24, 2.45) is 4.99 Å². The lowest BCUT2D eigenvalue weighted by atomic mass is 9.92. The highest BCUT2D eigenvalue weighted by molar-refractivity contribution is 7.99. The van der Waals surface area contributed by atoms with Crippen molar-refractivity contribution >= 4 is 47.9 Å².